The van der Waals surface area contributed by atoms with Crippen LogP contribution in [-0.2, 0) is 32.6 Å². The number of aryl methyl sites for hydroxylation is 1. The molecule has 1 N–H and O–H groups in total. The molecule has 4 rings (SSSR count). The SMILES string of the molecule is CCCNC(=O)[C@H](Cc1ccccc1)N(Cc1ccc(C)cc1)C(=O)CN(c1cc(Cl)cc(Cl)c1)S(=O)(=O)c1ccccc1. The van der Waals surface area contributed by atoms with Crippen LogP contribution in [0.2, 0.25) is 10.0 Å². The molecule has 0 aliphatic heterocycles. The van der Waals surface area contributed by atoms with Crippen LogP contribution in [0.5, 0.6) is 0 Å². The Hall–Kier alpha value is -3.85. The zero-order chi connectivity index (χ0) is 31.7. The lowest BCUT2D eigenvalue weighted by Gasteiger charge is -2.34. The number of amides is 2. The van der Waals surface area contributed by atoms with Crippen LogP contribution >= 0.6 is 23.2 Å². The summed E-state index contributed by atoms with van der Waals surface area (Å²) in [4.78, 5) is 29.6. The number of halogens is 2. The van der Waals surface area contributed by atoms with Crippen molar-refractivity contribution in [1.82, 2.24) is 10.2 Å². The Morgan fingerprint density at radius 2 is 1.41 bits per heavy atom. The van der Waals surface area contributed by atoms with Gasteiger partial charge in [-0.05, 0) is 54.8 Å². The molecule has 0 saturated carbocycles. The molecule has 7 nitrogen and oxygen atoms in total. The molecular weight excluding hydrogens is 617 g/mol. The van der Waals surface area contributed by atoms with Crippen LogP contribution in [0.25, 0.3) is 0 Å². The van der Waals surface area contributed by atoms with Crippen molar-refractivity contribution in [2.75, 3.05) is 17.4 Å². The van der Waals surface area contributed by atoms with E-state index in [1.807, 2.05) is 68.4 Å². The summed E-state index contributed by atoms with van der Waals surface area (Å²) in [5.41, 5.74) is 2.84. The lowest BCUT2D eigenvalue weighted by Crippen LogP contribution is -2.53. The number of hydrogen-bond acceptors (Lipinski definition) is 4. The minimum atomic E-state index is -4.25. The summed E-state index contributed by atoms with van der Waals surface area (Å²) >= 11 is 12.6. The second-order valence-corrected chi connectivity index (χ2v) is 13.2. The molecule has 0 spiro atoms. The summed E-state index contributed by atoms with van der Waals surface area (Å²) in [5.74, 6) is -0.881. The average Bonchev–Trinajstić information content (AvgIpc) is 3.01. The van der Waals surface area contributed by atoms with Gasteiger partial charge in [-0.15, -0.1) is 0 Å². The molecule has 0 bridgehead atoms. The van der Waals surface area contributed by atoms with E-state index >= 15 is 0 Å². The number of rotatable bonds is 13. The maximum atomic E-state index is 14.4. The van der Waals surface area contributed by atoms with Crippen molar-refractivity contribution in [3.63, 3.8) is 0 Å². The van der Waals surface area contributed by atoms with Crippen molar-refractivity contribution >= 4 is 50.7 Å². The van der Waals surface area contributed by atoms with Crippen molar-refractivity contribution in [2.24, 2.45) is 0 Å². The molecule has 0 heterocycles. The fraction of sp³-hybridized carbons (Fsp3) is 0.235. The summed E-state index contributed by atoms with van der Waals surface area (Å²) in [6.07, 6.45) is 0.955. The molecule has 0 saturated heterocycles. The van der Waals surface area contributed by atoms with E-state index in [9.17, 15) is 18.0 Å². The second-order valence-electron chi connectivity index (χ2n) is 10.5. The fourth-order valence-corrected chi connectivity index (χ4v) is 6.68. The van der Waals surface area contributed by atoms with Gasteiger partial charge in [-0.25, -0.2) is 8.42 Å². The van der Waals surface area contributed by atoms with E-state index in [4.69, 9.17) is 23.2 Å². The fourth-order valence-electron chi connectivity index (χ4n) is 4.74. The molecule has 4 aromatic carbocycles. The minimum Gasteiger partial charge on any atom is -0.354 e. The first-order valence-electron chi connectivity index (χ1n) is 14.3. The maximum absolute atomic E-state index is 14.4. The average molecular weight is 653 g/mol. The van der Waals surface area contributed by atoms with Crippen LogP contribution in [0.3, 0.4) is 0 Å². The molecule has 10 heteroatoms. The molecule has 0 aliphatic rings. The molecule has 0 unspecified atom stereocenters. The smallest absolute Gasteiger partial charge is 0.264 e. The summed E-state index contributed by atoms with van der Waals surface area (Å²) in [6, 6.07) is 28.4. The van der Waals surface area contributed by atoms with Gasteiger partial charge in [-0.3, -0.25) is 13.9 Å². The zero-order valence-electron chi connectivity index (χ0n) is 24.6. The lowest BCUT2D eigenvalue weighted by atomic mass is 10.0. The van der Waals surface area contributed by atoms with Gasteiger partial charge in [-0.2, -0.15) is 0 Å². The first kappa shape index (κ1) is 33.1. The molecule has 0 radical (unpaired) electrons. The van der Waals surface area contributed by atoms with E-state index in [2.05, 4.69) is 5.32 Å². The van der Waals surface area contributed by atoms with Crippen LogP contribution in [-0.4, -0.2) is 44.3 Å². The van der Waals surface area contributed by atoms with E-state index < -0.39 is 28.5 Å². The molecule has 1 atom stereocenters. The van der Waals surface area contributed by atoms with Crippen molar-refractivity contribution in [3.05, 3.63) is 130 Å². The Morgan fingerprint density at radius 3 is 2.00 bits per heavy atom. The van der Waals surface area contributed by atoms with Crippen molar-refractivity contribution in [2.45, 2.75) is 44.2 Å². The predicted octanol–water partition coefficient (Wildman–Crippen LogP) is 6.66. The molecule has 0 aliphatic carbocycles. The first-order valence-corrected chi connectivity index (χ1v) is 16.5. The van der Waals surface area contributed by atoms with Crippen LogP contribution in [0, 0.1) is 6.92 Å². The van der Waals surface area contributed by atoms with E-state index in [1.54, 1.807) is 18.2 Å². The topological polar surface area (TPSA) is 86.8 Å². The quantitative estimate of drug-likeness (QED) is 0.175. The Morgan fingerprint density at radius 1 is 0.818 bits per heavy atom. The number of anilines is 1. The Labute approximate surface area is 269 Å². The monoisotopic (exact) mass is 651 g/mol. The summed E-state index contributed by atoms with van der Waals surface area (Å²) in [6.45, 7) is 3.85. The molecular formula is C34H35Cl2N3O4S. The third-order valence-electron chi connectivity index (χ3n) is 7.04. The third-order valence-corrected chi connectivity index (χ3v) is 9.26. The highest BCUT2D eigenvalue weighted by molar-refractivity contribution is 7.92. The van der Waals surface area contributed by atoms with Crippen LogP contribution in [0.4, 0.5) is 5.69 Å². The number of nitrogens with zero attached hydrogens (tertiary/aromatic N) is 2. The zero-order valence-corrected chi connectivity index (χ0v) is 26.9. The van der Waals surface area contributed by atoms with Gasteiger partial charge in [0.2, 0.25) is 11.8 Å². The highest BCUT2D eigenvalue weighted by Gasteiger charge is 2.34. The molecule has 44 heavy (non-hydrogen) atoms. The van der Waals surface area contributed by atoms with Crippen molar-refractivity contribution in [1.29, 1.82) is 0 Å². The minimum absolute atomic E-state index is 0.00416. The molecule has 0 fully saturated rings. The maximum Gasteiger partial charge on any atom is 0.264 e. The van der Waals surface area contributed by atoms with Gasteiger partial charge >= 0.3 is 0 Å². The number of benzene rings is 4. The number of sulfonamides is 1. The Balaban J connectivity index is 1.81. The van der Waals surface area contributed by atoms with Gasteiger partial charge in [0, 0.05) is 29.6 Å². The third kappa shape index (κ3) is 8.62. The second kappa shape index (κ2) is 15.2. The molecule has 230 valence electrons. The van der Waals surface area contributed by atoms with Gasteiger partial charge in [-0.1, -0.05) is 108 Å². The van der Waals surface area contributed by atoms with Crippen LogP contribution in [0.15, 0.2) is 108 Å². The predicted molar refractivity (Wildman–Crippen MR) is 176 cm³/mol. The highest BCUT2D eigenvalue weighted by Crippen LogP contribution is 2.30. The summed E-state index contributed by atoms with van der Waals surface area (Å²) in [7, 11) is -4.25. The Kier molecular flexibility index (Phi) is 11.4. The largest absolute Gasteiger partial charge is 0.354 e. The van der Waals surface area contributed by atoms with Crippen LogP contribution in [0.1, 0.15) is 30.0 Å². The van der Waals surface area contributed by atoms with Gasteiger partial charge in [0.15, 0.2) is 0 Å². The summed E-state index contributed by atoms with van der Waals surface area (Å²) in [5, 5.41) is 3.37. The van der Waals surface area contributed by atoms with Crippen molar-refractivity contribution in [3.8, 4) is 0 Å². The molecule has 0 aromatic heterocycles. The molecule has 2 amide bonds. The Bertz CT molecular complexity index is 1650. The van der Waals surface area contributed by atoms with Gasteiger partial charge in [0.05, 0.1) is 10.6 Å². The normalized spacial score (nSPS) is 11.9. The van der Waals surface area contributed by atoms with Gasteiger partial charge in [0.1, 0.15) is 12.6 Å². The van der Waals surface area contributed by atoms with E-state index in [0.29, 0.717) is 13.0 Å². The number of carbonyl (C=O) groups is 2. The summed E-state index contributed by atoms with van der Waals surface area (Å²) < 4.78 is 29.1. The van der Waals surface area contributed by atoms with Gasteiger partial charge < -0.3 is 10.2 Å². The number of carbonyl (C=O) groups excluding carboxylic acids is 2. The number of nitrogens with one attached hydrogen (secondary N) is 1. The molecule has 4 aromatic rings. The highest BCUT2D eigenvalue weighted by atomic mass is 35.5. The van der Waals surface area contributed by atoms with E-state index in [1.165, 1.54) is 35.2 Å². The van der Waals surface area contributed by atoms with E-state index in [0.717, 1.165) is 21.0 Å². The van der Waals surface area contributed by atoms with Gasteiger partial charge in [0.25, 0.3) is 10.0 Å². The van der Waals surface area contributed by atoms with Crippen LogP contribution < -0.4 is 9.62 Å². The number of hydrogen-bond donors (Lipinski definition) is 1. The van der Waals surface area contributed by atoms with E-state index in [-0.39, 0.29) is 39.5 Å². The first-order chi connectivity index (χ1) is 21.1. The van der Waals surface area contributed by atoms with Crippen molar-refractivity contribution < 1.29 is 18.0 Å². The lowest BCUT2D eigenvalue weighted by molar-refractivity contribution is -0.140. The standard InChI is InChI=1S/C34H35Cl2N3O4S/c1-3-18-37-34(41)32(19-26-10-6-4-7-11-26)38(23-27-16-14-25(2)15-17-27)33(40)24-39(30-21-28(35)20-29(36)22-30)44(42,43)31-12-8-5-9-13-31/h4-17,20-22,32H,3,18-19,23-24H2,1-2H3,(H,37,41)/t32-/m0/s1.